The zero-order valence-electron chi connectivity index (χ0n) is 17.4. The fourth-order valence-electron chi connectivity index (χ4n) is 3.69. The largest absolute Gasteiger partial charge is 0.497 e. The van der Waals surface area contributed by atoms with E-state index in [2.05, 4.69) is 33.5 Å². The minimum Gasteiger partial charge on any atom is -0.497 e. The number of nitrogens with one attached hydrogen (secondary N) is 1. The molecular weight excluding hydrogens is 378 g/mol. The third-order valence-electron chi connectivity index (χ3n) is 5.28. The molecule has 7 nitrogen and oxygen atoms in total. The Labute approximate surface area is 176 Å². The van der Waals surface area contributed by atoms with Crippen LogP contribution in [-0.4, -0.2) is 42.1 Å². The normalized spacial score (nSPS) is 15.3. The molecule has 1 aliphatic rings. The van der Waals surface area contributed by atoms with E-state index in [1.54, 1.807) is 19.5 Å². The lowest BCUT2D eigenvalue weighted by Gasteiger charge is -2.37. The molecule has 3 aromatic rings. The van der Waals surface area contributed by atoms with Crippen LogP contribution in [0.15, 0.2) is 60.9 Å². The van der Waals surface area contributed by atoms with Gasteiger partial charge in [0.1, 0.15) is 5.75 Å². The first kappa shape index (κ1) is 19.7. The van der Waals surface area contributed by atoms with Crippen molar-refractivity contribution in [3.63, 3.8) is 0 Å². The van der Waals surface area contributed by atoms with Gasteiger partial charge in [0.15, 0.2) is 0 Å². The number of urea groups is 1. The first-order valence-electron chi connectivity index (χ1n) is 9.83. The molecule has 1 N–H and O–H groups in total. The van der Waals surface area contributed by atoms with E-state index in [0.29, 0.717) is 18.2 Å². The number of hydrogen-bond acceptors (Lipinski definition) is 5. The topological polar surface area (TPSA) is 70.6 Å². The molecule has 1 aromatic heterocycles. The lowest BCUT2D eigenvalue weighted by molar-refractivity contribution is 0.176. The molecule has 0 aliphatic carbocycles. The van der Waals surface area contributed by atoms with Crippen molar-refractivity contribution in [3.05, 3.63) is 77.6 Å². The summed E-state index contributed by atoms with van der Waals surface area (Å²) in [6, 6.07) is 15.9. The van der Waals surface area contributed by atoms with Gasteiger partial charge in [0, 0.05) is 20.6 Å². The minimum absolute atomic E-state index is 0.0611. The smallest absolute Gasteiger partial charge is 0.322 e. The number of aromatic nitrogens is 2. The fourth-order valence-corrected chi connectivity index (χ4v) is 3.69. The molecule has 1 aliphatic heterocycles. The Bertz CT molecular complexity index is 1020. The van der Waals surface area contributed by atoms with Crippen LogP contribution in [0.5, 0.6) is 5.75 Å². The summed E-state index contributed by atoms with van der Waals surface area (Å²) in [6.07, 6.45) is 3.99. The molecule has 1 atom stereocenters. The molecule has 154 valence electrons. The van der Waals surface area contributed by atoms with Crippen LogP contribution in [0.1, 0.15) is 22.7 Å². The second-order valence-electron chi connectivity index (χ2n) is 7.49. The summed E-state index contributed by atoms with van der Waals surface area (Å²) in [5.41, 5.74) is 3.99. The number of carbonyl (C=O) groups is 1. The summed E-state index contributed by atoms with van der Waals surface area (Å²) < 4.78 is 5.37. The quantitative estimate of drug-likeness (QED) is 0.716. The number of methoxy groups -OCH3 is 1. The molecule has 30 heavy (non-hydrogen) atoms. The fraction of sp³-hybridized carbons (Fsp3) is 0.261. The number of fused-ring (bicyclic) bond motifs is 1. The Morgan fingerprint density at radius 2 is 1.83 bits per heavy atom. The van der Waals surface area contributed by atoms with E-state index in [4.69, 9.17) is 4.74 Å². The highest BCUT2D eigenvalue weighted by Gasteiger charge is 2.31. The average Bonchev–Trinajstić information content (AvgIpc) is 2.78. The molecule has 0 spiro atoms. The van der Waals surface area contributed by atoms with Gasteiger partial charge in [-0.05, 0) is 35.2 Å². The number of hydrogen-bond donors (Lipinski definition) is 1. The van der Waals surface area contributed by atoms with Crippen molar-refractivity contribution in [2.24, 2.45) is 0 Å². The van der Waals surface area contributed by atoms with Crippen molar-refractivity contribution in [2.45, 2.75) is 19.0 Å². The number of ether oxygens (including phenoxy) is 1. The number of nitrogens with zero attached hydrogens (tertiary/aromatic N) is 4. The van der Waals surface area contributed by atoms with Gasteiger partial charge in [0.2, 0.25) is 5.95 Å². The summed E-state index contributed by atoms with van der Waals surface area (Å²) in [5.74, 6) is 1.38. The maximum atomic E-state index is 13.3. The van der Waals surface area contributed by atoms with Crippen LogP contribution in [0.4, 0.5) is 16.4 Å². The highest BCUT2D eigenvalue weighted by molar-refractivity contribution is 5.89. The molecule has 0 saturated carbocycles. The van der Waals surface area contributed by atoms with Gasteiger partial charge in [-0.25, -0.2) is 14.8 Å². The molecule has 0 radical (unpaired) electrons. The standard InChI is InChI=1S/C23H25N5O2/c1-27(2)22-24-13-19(14-25-22)26-23(29)28-15-18-11-20(30-3)10-9-17(18)12-21(28)16-7-5-4-6-8-16/h4-11,13-14,21H,12,15H2,1-3H3,(H,26,29). The number of carbonyl (C=O) groups excluding carboxylic acids is 1. The maximum Gasteiger partial charge on any atom is 0.322 e. The van der Waals surface area contributed by atoms with Crippen LogP contribution in [0.25, 0.3) is 0 Å². The summed E-state index contributed by atoms with van der Waals surface area (Å²) >= 11 is 0. The summed E-state index contributed by atoms with van der Waals surface area (Å²) in [5, 5.41) is 2.95. The second-order valence-corrected chi connectivity index (χ2v) is 7.49. The first-order chi connectivity index (χ1) is 14.5. The molecular formula is C23H25N5O2. The molecule has 7 heteroatoms. The van der Waals surface area contributed by atoms with E-state index in [1.807, 2.05) is 54.2 Å². The Morgan fingerprint density at radius 1 is 1.10 bits per heavy atom. The van der Waals surface area contributed by atoms with Crippen LogP contribution in [0, 0.1) is 0 Å². The molecule has 1 unspecified atom stereocenters. The van der Waals surface area contributed by atoms with Crippen molar-refractivity contribution in [1.82, 2.24) is 14.9 Å². The maximum absolute atomic E-state index is 13.3. The Balaban J connectivity index is 1.62. The third kappa shape index (κ3) is 4.05. The van der Waals surface area contributed by atoms with Crippen LogP contribution in [0.2, 0.25) is 0 Å². The van der Waals surface area contributed by atoms with Crippen molar-refractivity contribution in [3.8, 4) is 5.75 Å². The van der Waals surface area contributed by atoms with Crippen molar-refractivity contribution in [1.29, 1.82) is 0 Å². The molecule has 4 rings (SSSR count). The molecule has 0 bridgehead atoms. The summed E-state index contributed by atoms with van der Waals surface area (Å²) in [7, 11) is 5.40. The third-order valence-corrected chi connectivity index (χ3v) is 5.28. The Hall–Kier alpha value is -3.61. The molecule has 2 amide bonds. The van der Waals surface area contributed by atoms with Crippen molar-refractivity contribution >= 4 is 17.7 Å². The van der Waals surface area contributed by atoms with Gasteiger partial charge in [-0.2, -0.15) is 0 Å². The molecule has 2 heterocycles. The van der Waals surface area contributed by atoms with Crippen LogP contribution < -0.4 is 15.0 Å². The predicted octanol–water partition coefficient (Wildman–Crippen LogP) is 3.88. The van der Waals surface area contributed by atoms with E-state index in [-0.39, 0.29) is 12.1 Å². The van der Waals surface area contributed by atoms with Crippen molar-refractivity contribution in [2.75, 3.05) is 31.4 Å². The minimum atomic E-state index is -0.182. The second kappa shape index (κ2) is 8.41. The summed E-state index contributed by atoms with van der Waals surface area (Å²) in [6.45, 7) is 0.495. The van der Waals surface area contributed by atoms with Gasteiger partial charge in [-0.15, -0.1) is 0 Å². The predicted molar refractivity (Wildman–Crippen MR) is 117 cm³/mol. The highest BCUT2D eigenvalue weighted by atomic mass is 16.5. The molecule has 0 fully saturated rings. The highest BCUT2D eigenvalue weighted by Crippen LogP contribution is 2.35. The van der Waals surface area contributed by atoms with E-state index in [0.717, 1.165) is 23.3 Å². The van der Waals surface area contributed by atoms with Gasteiger partial charge >= 0.3 is 6.03 Å². The lowest BCUT2D eigenvalue weighted by atomic mass is 9.90. The van der Waals surface area contributed by atoms with Gasteiger partial charge in [0.05, 0.1) is 31.2 Å². The van der Waals surface area contributed by atoms with E-state index < -0.39 is 0 Å². The monoisotopic (exact) mass is 403 g/mol. The van der Waals surface area contributed by atoms with Crippen LogP contribution in [-0.2, 0) is 13.0 Å². The number of rotatable bonds is 4. The Morgan fingerprint density at radius 3 is 2.50 bits per heavy atom. The number of benzene rings is 2. The first-order valence-corrected chi connectivity index (χ1v) is 9.83. The van der Waals surface area contributed by atoms with Crippen LogP contribution >= 0.6 is 0 Å². The zero-order chi connectivity index (χ0) is 21.1. The van der Waals surface area contributed by atoms with E-state index in [1.165, 1.54) is 5.56 Å². The van der Waals surface area contributed by atoms with Gasteiger partial charge in [-0.1, -0.05) is 36.4 Å². The molecule has 2 aromatic carbocycles. The lowest BCUT2D eigenvalue weighted by Crippen LogP contribution is -2.41. The van der Waals surface area contributed by atoms with Crippen LogP contribution in [0.3, 0.4) is 0 Å². The number of amides is 2. The van der Waals surface area contributed by atoms with Gasteiger partial charge in [-0.3, -0.25) is 0 Å². The summed E-state index contributed by atoms with van der Waals surface area (Å²) in [4.78, 5) is 25.5. The average molecular weight is 403 g/mol. The molecule has 0 saturated heterocycles. The Kier molecular flexibility index (Phi) is 5.52. The SMILES string of the molecule is COc1ccc2c(c1)CN(C(=O)Nc1cnc(N(C)C)nc1)C(c1ccccc1)C2. The zero-order valence-corrected chi connectivity index (χ0v) is 17.4. The van der Waals surface area contributed by atoms with Gasteiger partial charge in [0.25, 0.3) is 0 Å². The van der Waals surface area contributed by atoms with E-state index in [9.17, 15) is 4.79 Å². The van der Waals surface area contributed by atoms with Gasteiger partial charge < -0.3 is 19.9 Å². The number of anilines is 2. The van der Waals surface area contributed by atoms with Crippen molar-refractivity contribution < 1.29 is 9.53 Å². The van der Waals surface area contributed by atoms with E-state index >= 15 is 0 Å².